The summed E-state index contributed by atoms with van der Waals surface area (Å²) >= 11 is 0. The molecule has 0 radical (unpaired) electrons. The molecule has 1 aliphatic rings. The van der Waals surface area contributed by atoms with Crippen molar-refractivity contribution in [3.8, 4) is 0 Å². The number of amides is 2. The molecule has 0 atom stereocenters. The van der Waals surface area contributed by atoms with Crippen LogP contribution >= 0.6 is 0 Å². The van der Waals surface area contributed by atoms with Crippen molar-refractivity contribution in [3.63, 3.8) is 0 Å². The molecule has 0 N–H and O–H groups in total. The van der Waals surface area contributed by atoms with Gasteiger partial charge in [0.1, 0.15) is 0 Å². The van der Waals surface area contributed by atoms with Crippen molar-refractivity contribution in [1.29, 1.82) is 0 Å². The van der Waals surface area contributed by atoms with Crippen molar-refractivity contribution in [2.45, 2.75) is 13.1 Å². The molecule has 0 aliphatic carbocycles. The van der Waals surface area contributed by atoms with Crippen molar-refractivity contribution < 1.29 is 22.8 Å². The lowest BCUT2D eigenvalue weighted by Crippen LogP contribution is -2.41. The lowest BCUT2D eigenvalue weighted by atomic mass is 9.91. The van der Waals surface area contributed by atoms with Crippen LogP contribution in [-0.4, -0.2) is 11.8 Å². The minimum Gasteiger partial charge on any atom is -0.268 e. The first kappa shape index (κ1) is 19.6. The number of imide groups is 1. The van der Waals surface area contributed by atoms with Gasteiger partial charge in [0.25, 0.3) is 11.8 Å². The number of carbonyl (C=O) groups is 2. The molecule has 0 spiro atoms. The Balaban J connectivity index is 1.89. The molecule has 0 fully saturated rings. The van der Waals surface area contributed by atoms with Crippen LogP contribution in [0.3, 0.4) is 0 Å². The number of carbonyl (C=O) groups excluding carboxylic acids is 2. The van der Waals surface area contributed by atoms with E-state index in [1.807, 2.05) is 13.0 Å². The van der Waals surface area contributed by atoms with Gasteiger partial charge in [-0.05, 0) is 60.0 Å². The number of hydrogen-bond donors (Lipinski definition) is 0. The summed E-state index contributed by atoms with van der Waals surface area (Å²) in [5, 5.41) is 0. The monoisotopic (exact) mass is 407 g/mol. The Bertz CT molecular complexity index is 1190. The van der Waals surface area contributed by atoms with E-state index in [1.54, 1.807) is 42.5 Å². The molecule has 150 valence electrons. The summed E-state index contributed by atoms with van der Waals surface area (Å²) in [7, 11) is 0. The third kappa shape index (κ3) is 3.52. The van der Waals surface area contributed by atoms with E-state index < -0.39 is 23.6 Å². The average Bonchev–Trinajstić information content (AvgIpc) is 2.71. The smallest absolute Gasteiger partial charge is 0.268 e. The van der Waals surface area contributed by atoms with Crippen LogP contribution in [0.2, 0.25) is 0 Å². The maximum Gasteiger partial charge on any atom is 0.416 e. The van der Waals surface area contributed by atoms with Crippen LogP contribution in [0, 0.1) is 6.92 Å². The highest BCUT2D eigenvalue weighted by atomic mass is 19.4. The predicted octanol–water partition coefficient (Wildman–Crippen LogP) is 5.74. The van der Waals surface area contributed by atoms with Gasteiger partial charge in [-0.15, -0.1) is 0 Å². The van der Waals surface area contributed by atoms with E-state index in [2.05, 4.69) is 0 Å². The molecule has 0 saturated heterocycles. The van der Waals surface area contributed by atoms with Crippen molar-refractivity contribution >= 4 is 29.2 Å². The van der Waals surface area contributed by atoms with Crippen molar-refractivity contribution in [2.75, 3.05) is 4.90 Å². The first-order valence-corrected chi connectivity index (χ1v) is 9.19. The zero-order chi connectivity index (χ0) is 21.5. The lowest BCUT2D eigenvalue weighted by Gasteiger charge is -2.29. The third-order valence-corrected chi connectivity index (χ3v) is 4.87. The van der Waals surface area contributed by atoms with Gasteiger partial charge in [0, 0.05) is 11.1 Å². The molecule has 3 aromatic rings. The predicted molar refractivity (Wildman–Crippen MR) is 109 cm³/mol. The molecule has 4 rings (SSSR count). The van der Waals surface area contributed by atoms with Crippen molar-refractivity contribution in [1.82, 2.24) is 0 Å². The number of rotatable bonds is 2. The van der Waals surface area contributed by atoms with Gasteiger partial charge >= 0.3 is 6.18 Å². The van der Waals surface area contributed by atoms with Crippen molar-refractivity contribution in [3.05, 3.63) is 101 Å². The molecule has 0 bridgehead atoms. The maximum atomic E-state index is 13.3. The summed E-state index contributed by atoms with van der Waals surface area (Å²) in [5.74, 6) is -1.05. The molecule has 30 heavy (non-hydrogen) atoms. The fourth-order valence-corrected chi connectivity index (χ4v) is 3.47. The van der Waals surface area contributed by atoms with E-state index in [-0.39, 0.29) is 11.1 Å². The van der Waals surface area contributed by atoms with Gasteiger partial charge in [-0.2, -0.15) is 13.2 Å². The Morgan fingerprint density at radius 1 is 0.800 bits per heavy atom. The van der Waals surface area contributed by atoms with Crippen LogP contribution in [0.4, 0.5) is 18.9 Å². The number of aryl methyl sites for hydroxylation is 1. The van der Waals surface area contributed by atoms with Crippen LogP contribution in [0.25, 0.3) is 11.6 Å². The van der Waals surface area contributed by atoms with Gasteiger partial charge in [-0.25, -0.2) is 4.90 Å². The minimum atomic E-state index is -4.49. The van der Waals surface area contributed by atoms with Gasteiger partial charge in [0.15, 0.2) is 0 Å². The van der Waals surface area contributed by atoms with E-state index in [9.17, 15) is 22.8 Å². The van der Waals surface area contributed by atoms with Gasteiger partial charge in [0.2, 0.25) is 0 Å². The van der Waals surface area contributed by atoms with Crippen LogP contribution in [-0.2, 0) is 11.0 Å². The van der Waals surface area contributed by atoms with E-state index in [0.29, 0.717) is 16.8 Å². The van der Waals surface area contributed by atoms with Crippen LogP contribution in [0.15, 0.2) is 72.8 Å². The van der Waals surface area contributed by atoms with E-state index in [1.165, 1.54) is 18.2 Å². The number of fused-ring (bicyclic) bond motifs is 1. The summed E-state index contributed by atoms with van der Waals surface area (Å²) in [6.07, 6.45) is -3.10. The molecule has 3 aromatic carbocycles. The number of anilines is 1. The lowest BCUT2D eigenvalue weighted by molar-refractivity contribution is -0.137. The highest BCUT2D eigenvalue weighted by molar-refractivity contribution is 6.43. The fourth-order valence-electron chi connectivity index (χ4n) is 3.47. The average molecular weight is 407 g/mol. The quantitative estimate of drug-likeness (QED) is 0.401. The Hall–Kier alpha value is -3.67. The molecular formula is C24H16F3NO2. The molecule has 2 amide bonds. The second kappa shape index (κ2) is 7.30. The Morgan fingerprint density at radius 3 is 2.20 bits per heavy atom. The zero-order valence-electron chi connectivity index (χ0n) is 15.9. The van der Waals surface area contributed by atoms with E-state index in [0.717, 1.165) is 22.6 Å². The van der Waals surface area contributed by atoms with Crippen LogP contribution < -0.4 is 4.90 Å². The first-order valence-electron chi connectivity index (χ1n) is 9.19. The third-order valence-electron chi connectivity index (χ3n) is 4.87. The Kier molecular flexibility index (Phi) is 4.78. The second-order valence-electron chi connectivity index (χ2n) is 7.01. The maximum absolute atomic E-state index is 13.3. The molecular weight excluding hydrogens is 391 g/mol. The molecule has 6 heteroatoms. The highest BCUT2D eigenvalue weighted by Gasteiger charge is 2.36. The summed E-state index contributed by atoms with van der Waals surface area (Å²) < 4.78 is 39.3. The number of hydrogen-bond acceptors (Lipinski definition) is 2. The van der Waals surface area contributed by atoms with Crippen LogP contribution in [0.1, 0.15) is 32.6 Å². The molecule has 0 saturated carbocycles. The Morgan fingerprint density at radius 2 is 1.50 bits per heavy atom. The topological polar surface area (TPSA) is 37.4 Å². The van der Waals surface area contributed by atoms with Crippen molar-refractivity contribution in [2.24, 2.45) is 0 Å². The highest BCUT2D eigenvalue weighted by Crippen LogP contribution is 2.35. The molecule has 3 nitrogen and oxygen atoms in total. The van der Waals surface area contributed by atoms with Gasteiger partial charge in [-0.1, -0.05) is 42.5 Å². The molecule has 1 heterocycles. The summed E-state index contributed by atoms with van der Waals surface area (Å²) in [6, 6.07) is 18.3. The van der Waals surface area contributed by atoms with Gasteiger partial charge in [0.05, 0.1) is 11.3 Å². The standard InChI is InChI=1S/C24H16F3NO2/c1-15-6-4-9-18(12-15)28-22(29)20-11-3-2-10-19(20)21(23(28)30)14-16-7-5-8-17(13-16)24(25,26)27/h2-14H,1H3/b21-14+. The number of benzene rings is 3. The first-order chi connectivity index (χ1) is 14.3. The molecule has 1 aliphatic heterocycles. The van der Waals surface area contributed by atoms with Gasteiger partial charge < -0.3 is 0 Å². The largest absolute Gasteiger partial charge is 0.416 e. The number of nitrogens with zero attached hydrogens (tertiary/aromatic N) is 1. The minimum absolute atomic E-state index is 0.158. The fraction of sp³-hybridized carbons (Fsp3) is 0.0833. The Labute approximate surface area is 171 Å². The normalized spacial score (nSPS) is 15.5. The molecule has 0 aromatic heterocycles. The summed E-state index contributed by atoms with van der Waals surface area (Å²) in [6.45, 7) is 1.84. The number of halogens is 3. The second-order valence-corrected chi connectivity index (χ2v) is 7.01. The zero-order valence-corrected chi connectivity index (χ0v) is 15.9. The van der Waals surface area contributed by atoms with E-state index in [4.69, 9.17) is 0 Å². The molecule has 0 unspecified atom stereocenters. The summed E-state index contributed by atoms with van der Waals surface area (Å²) in [4.78, 5) is 27.4. The SMILES string of the molecule is Cc1cccc(N2C(=O)/C(=C/c3cccc(C(F)(F)F)c3)c3ccccc3C2=O)c1. The van der Waals surface area contributed by atoms with Crippen LogP contribution in [0.5, 0.6) is 0 Å². The summed E-state index contributed by atoms with van der Waals surface area (Å²) in [5.41, 5.74) is 1.57. The number of alkyl halides is 3. The van der Waals surface area contributed by atoms with E-state index >= 15 is 0 Å². The van der Waals surface area contributed by atoms with Gasteiger partial charge in [-0.3, -0.25) is 9.59 Å².